The molecule has 0 aromatic heterocycles. The SMILES string of the molecule is CC(=O)OCC(=O)Oc1cccc2c1SCC1C(=O)NN=C21. The normalized spacial score (nSPS) is 18.7. The van der Waals surface area contributed by atoms with Gasteiger partial charge in [0.1, 0.15) is 5.75 Å². The van der Waals surface area contributed by atoms with E-state index >= 15 is 0 Å². The third-order valence-electron chi connectivity index (χ3n) is 3.20. The number of rotatable bonds is 3. The molecule has 2 aliphatic heterocycles. The molecule has 2 heterocycles. The van der Waals surface area contributed by atoms with Gasteiger partial charge in [0.2, 0.25) is 5.91 Å². The minimum atomic E-state index is -0.658. The summed E-state index contributed by atoms with van der Waals surface area (Å²) in [7, 11) is 0. The van der Waals surface area contributed by atoms with Crippen LogP contribution in [0.3, 0.4) is 0 Å². The first-order chi connectivity index (χ1) is 10.6. The fraction of sp³-hybridized carbons (Fsp3) is 0.286. The molecular weight excluding hydrogens is 308 g/mol. The van der Waals surface area contributed by atoms with Gasteiger partial charge in [0.25, 0.3) is 0 Å². The van der Waals surface area contributed by atoms with E-state index in [0.717, 1.165) is 10.5 Å². The molecule has 0 fully saturated rings. The van der Waals surface area contributed by atoms with Crippen molar-refractivity contribution in [3.63, 3.8) is 0 Å². The van der Waals surface area contributed by atoms with Crippen LogP contribution in [-0.2, 0) is 19.1 Å². The molecule has 7 nitrogen and oxygen atoms in total. The summed E-state index contributed by atoms with van der Waals surface area (Å²) < 4.78 is 9.85. The average Bonchev–Trinajstić information content (AvgIpc) is 2.87. The molecule has 8 heteroatoms. The summed E-state index contributed by atoms with van der Waals surface area (Å²) in [6.45, 7) is 0.781. The minimum absolute atomic E-state index is 0.120. The number of hydrazone groups is 1. The fourth-order valence-electron chi connectivity index (χ4n) is 2.22. The highest BCUT2D eigenvalue weighted by atomic mass is 32.2. The second-order valence-electron chi connectivity index (χ2n) is 4.72. The van der Waals surface area contributed by atoms with Crippen molar-refractivity contribution >= 4 is 35.3 Å². The van der Waals surface area contributed by atoms with Crippen LogP contribution in [0.15, 0.2) is 28.2 Å². The lowest BCUT2D eigenvalue weighted by molar-refractivity contribution is -0.152. The molecule has 1 aromatic rings. The smallest absolute Gasteiger partial charge is 0.349 e. The van der Waals surface area contributed by atoms with Crippen molar-refractivity contribution in [2.75, 3.05) is 12.4 Å². The van der Waals surface area contributed by atoms with Gasteiger partial charge in [0.05, 0.1) is 16.5 Å². The largest absolute Gasteiger partial charge is 0.454 e. The number of esters is 2. The van der Waals surface area contributed by atoms with E-state index in [1.54, 1.807) is 12.1 Å². The Hall–Kier alpha value is -2.35. The number of nitrogens with zero attached hydrogens (tertiary/aromatic N) is 1. The van der Waals surface area contributed by atoms with Gasteiger partial charge in [-0.3, -0.25) is 9.59 Å². The first-order valence-corrected chi connectivity index (χ1v) is 7.52. The molecule has 1 aromatic carbocycles. The highest BCUT2D eigenvalue weighted by Gasteiger charge is 2.37. The molecule has 1 N–H and O–H groups in total. The highest BCUT2D eigenvalue weighted by Crippen LogP contribution is 2.40. The summed E-state index contributed by atoms with van der Waals surface area (Å²) in [5.41, 5.74) is 3.90. The van der Waals surface area contributed by atoms with Crippen LogP contribution in [0, 0.1) is 5.92 Å². The Morgan fingerprint density at radius 2 is 2.27 bits per heavy atom. The van der Waals surface area contributed by atoms with Gasteiger partial charge in [-0.05, 0) is 6.07 Å². The van der Waals surface area contributed by atoms with E-state index in [2.05, 4.69) is 15.3 Å². The third-order valence-corrected chi connectivity index (χ3v) is 4.41. The average molecular weight is 320 g/mol. The van der Waals surface area contributed by atoms with Crippen molar-refractivity contribution in [2.24, 2.45) is 11.0 Å². The zero-order valence-corrected chi connectivity index (χ0v) is 12.4. The van der Waals surface area contributed by atoms with E-state index in [-0.39, 0.29) is 11.8 Å². The Kier molecular flexibility index (Phi) is 3.84. The molecule has 2 aliphatic rings. The lowest BCUT2D eigenvalue weighted by atomic mass is 9.98. The predicted octanol–water partition coefficient (Wildman–Crippen LogP) is 0.711. The maximum Gasteiger partial charge on any atom is 0.349 e. The van der Waals surface area contributed by atoms with Crippen LogP contribution in [0.4, 0.5) is 0 Å². The van der Waals surface area contributed by atoms with E-state index in [4.69, 9.17) is 4.74 Å². The van der Waals surface area contributed by atoms with Gasteiger partial charge in [0.15, 0.2) is 6.61 Å². The summed E-state index contributed by atoms with van der Waals surface area (Å²) in [6.07, 6.45) is 0. The van der Waals surface area contributed by atoms with E-state index in [1.807, 2.05) is 6.07 Å². The molecule has 22 heavy (non-hydrogen) atoms. The van der Waals surface area contributed by atoms with Gasteiger partial charge in [-0.1, -0.05) is 12.1 Å². The Balaban J connectivity index is 1.82. The summed E-state index contributed by atoms with van der Waals surface area (Å²) >= 11 is 1.44. The van der Waals surface area contributed by atoms with Crippen LogP contribution in [-0.4, -0.2) is 35.9 Å². The van der Waals surface area contributed by atoms with Crippen LogP contribution < -0.4 is 10.2 Å². The molecule has 1 atom stereocenters. The molecule has 1 unspecified atom stereocenters. The van der Waals surface area contributed by atoms with Gasteiger partial charge in [-0.25, -0.2) is 10.2 Å². The summed E-state index contributed by atoms with van der Waals surface area (Å²) in [6, 6.07) is 5.21. The number of benzene rings is 1. The number of hydrogen-bond donors (Lipinski definition) is 1. The molecule has 0 aliphatic carbocycles. The first kappa shape index (κ1) is 14.6. The van der Waals surface area contributed by atoms with Crippen molar-refractivity contribution in [1.29, 1.82) is 0 Å². The molecule has 1 amide bonds. The molecule has 0 radical (unpaired) electrons. The number of fused-ring (bicyclic) bond motifs is 3. The van der Waals surface area contributed by atoms with Gasteiger partial charge < -0.3 is 9.47 Å². The number of hydrogen-bond acceptors (Lipinski definition) is 7. The number of ether oxygens (including phenoxy) is 2. The van der Waals surface area contributed by atoms with Crippen LogP contribution in [0.5, 0.6) is 5.75 Å². The predicted molar refractivity (Wildman–Crippen MR) is 77.6 cm³/mol. The van der Waals surface area contributed by atoms with E-state index in [9.17, 15) is 14.4 Å². The monoisotopic (exact) mass is 320 g/mol. The standard InChI is InChI=1S/C14H12N2O5S/c1-7(17)20-5-11(18)21-10-4-2-3-8-12-9(6-22-13(8)10)14(19)16-15-12/h2-4,9H,5-6H2,1H3,(H,16,19). The Morgan fingerprint density at radius 1 is 1.45 bits per heavy atom. The molecule has 3 rings (SSSR count). The van der Waals surface area contributed by atoms with Crippen LogP contribution in [0.1, 0.15) is 12.5 Å². The molecule has 0 spiro atoms. The third kappa shape index (κ3) is 2.69. The van der Waals surface area contributed by atoms with Gasteiger partial charge in [-0.2, -0.15) is 5.10 Å². The fourth-order valence-corrected chi connectivity index (χ4v) is 3.45. The van der Waals surface area contributed by atoms with Crippen LogP contribution in [0.25, 0.3) is 0 Å². The number of carbonyl (C=O) groups is 3. The van der Waals surface area contributed by atoms with Crippen molar-refractivity contribution in [3.8, 4) is 5.75 Å². The number of nitrogens with one attached hydrogen (secondary N) is 1. The Labute approximate surface area is 130 Å². The molecule has 0 saturated carbocycles. The van der Waals surface area contributed by atoms with E-state index in [0.29, 0.717) is 17.2 Å². The number of thioether (sulfide) groups is 1. The topological polar surface area (TPSA) is 94.1 Å². The maximum atomic E-state index is 11.7. The summed E-state index contributed by atoms with van der Waals surface area (Å²) in [5.74, 6) is -0.686. The summed E-state index contributed by atoms with van der Waals surface area (Å²) in [5, 5.41) is 4.05. The molecule has 0 bridgehead atoms. The number of carbonyl (C=O) groups excluding carboxylic acids is 3. The number of amides is 1. The van der Waals surface area contributed by atoms with Crippen molar-refractivity contribution in [2.45, 2.75) is 11.8 Å². The Morgan fingerprint density at radius 3 is 3.05 bits per heavy atom. The second kappa shape index (κ2) is 5.80. The minimum Gasteiger partial charge on any atom is -0.454 e. The summed E-state index contributed by atoms with van der Waals surface area (Å²) in [4.78, 5) is 34.8. The zero-order valence-electron chi connectivity index (χ0n) is 11.6. The van der Waals surface area contributed by atoms with Gasteiger partial charge >= 0.3 is 11.9 Å². The molecular formula is C14H12N2O5S. The zero-order chi connectivity index (χ0) is 15.7. The lowest BCUT2D eigenvalue weighted by Gasteiger charge is -2.21. The molecule has 114 valence electrons. The van der Waals surface area contributed by atoms with E-state index < -0.39 is 18.5 Å². The van der Waals surface area contributed by atoms with Crippen molar-refractivity contribution in [3.05, 3.63) is 23.8 Å². The first-order valence-electron chi connectivity index (χ1n) is 6.54. The molecule has 0 saturated heterocycles. The van der Waals surface area contributed by atoms with Crippen molar-refractivity contribution < 1.29 is 23.9 Å². The van der Waals surface area contributed by atoms with Crippen molar-refractivity contribution in [1.82, 2.24) is 5.43 Å². The van der Waals surface area contributed by atoms with Gasteiger partial charge in [-0.15, -0.1) is 11.8 Å². The second-order valence-corrected chi connectivity index (χ2v) is 5.75. The van der Waals surface area contributed by atoms with Gasteiger partial charge in [0, 0.05) is 18.2 Å². The van der Waals surface area contributed by atoms with Crippen LogP contribution >= 0.6 is 11.8 Å². The highest BCUT2D eigenvalue weighted by molar-refractivity contribution is 7.99. The Bertz CT molecular complexity index is 700. The van der Waals surface area contributed by atoms with Crippen LogP contribution in [0.2, 0.25) is 0 Å². The maximum absolute atomic E-state index is 11.7. The quantitative estimate of drug-likeness (QED) is 0.651. The lowest BCUT2D eigenvalue weighted by Crippen LogP contribution is -2.28. The van der Waals surface area contributed by atoms with E-state index in [1.165, 1.54) is 18.7 Å².